The van der Waals surface area contributed by atoms with Crippen molar-refractivity contribution in [2.24, 2.45) is 0 Å². The van der Waals surface area contributed by atoms with E-state index in [-0.39, 0.29) is 5.15 Å². The zero-order valence-corrected chi connectivity index (χ0v) is 12.5. The molecule has 1 aromatic heterocycles. The SMILES string of the molecule is Cc1ccnc(Cl)c1NS(=O)(=O)N1CCCCCC1. The molecule has 0 aliphatic carbocycles. The first-order chi connectivity index (χ1) is 9.00. The van der Waals surface area contributed by atoms with Gasteiger partial charge in [0.05, 0.1) is 5.69 Å². The minimum Gasteiger partial charge on any atom is -0.268 e. The number of aryl methyl sites for hydroxylation is 1. The Hall–Kier alpha value is -0.850. The Bertz CT molecular complexity index is 520. The Balaban J connectivity index is 2.20. The Morgan fingerprint density at radius 3 is 2.47 bits per heavy atom. The maximum Gasteiger partial charge on any atom is 0.301 e. The molecular formula is C12H18ClN3O2S. The summed E-state index contributed by atoms with van der Waals surface area (Å²) in [5.41, 5.74) is 1.13. The molecule has 0 spiro atoms. The van der Waals surface area contributed by atoms with Crippen LogP contribution in [0.1, 0.15) is 31.2 Å². The largest absolute Gasteiger partial charge is 0.301 e. The standard InChI is InChI=1S/C12H18ClN3O2S/c1-10-6-7-14-12(13)11(10)15-19(17,18)16-8-4-2-3-5-9-16/h6-7,15H,2-5,8-9H2,1H3. The first-order valence-corrected chi connectivity index (χ1v) is 8.21. The van der Waals surface area contributed by atoms with Crippen molar-refractivity contribution in [3.8, 4) is 0 Å². The van der Waals surface area contributed by atoms with Gasteiger partial charge in [0.2, 0.25) is 0 Å². The number of rotatable bonds is 3. The molecule has 2 rings (SSSR count). The molecule has 0 atom stereocenters. The van der Waals surface area contributed by atoms with Crippen LogP contribution in [0.4, 0.5) is 5.69 Å². The zero-order valence-electron chi connectivity index (χ0n) is 10.9. The lowest BCUT2D eigenvalue weighted by atomic mass is 10.2. The number of hydrogen-bond acceptors (Lipinski definition) is 3. The van der Waals surface area contributed by atoms with E-state index in [0.717, 1.165) is 31.2 Å². The van der Waals surface area contributed by atoms with Crippen LogP contribution in [-0.4, -0.2) is 30.8 Å². The van der Waals surface area contributed by atoms with Crippen LogP contribution in [0.25, 0.3) is 0 Å². The summed E-state index contributed by atoms with van der Waals surface area (Å²) in [4.78, 5) is 3.91. The van der Waals surface area contributed by atoms with Gasteiger partial charge in [0.1, 0.15) is 0 Å². The monoisotopic (exact) mass is 303 g/mol. The van der Waals surface area contributed by atoms with Gasteiger partial charge in [-0.15, -0.1) is 0 Å². The Morgan fingerprint density at radius 2 is 1.89 bits per heavy atom. The number of pyridine rings is 1. The Morgan fingerprint density at radius 1 is 1.26 bits per heavy atom. The van der Waals surface area contributed by atoms with Crippen LogP contribution in [0.5, 0.6) is 0 Å². The molecule has 1 N–H and O–H groups in total. The highest BCUT2D eigenvalue weighted by molar-refractivity contribution is 7.90. The highest BCUT2D eigenvalue weighted by atomic mass is 35.5. The molecule has 2 heterocycles. The van der Waals surface area contributed by atoms with Gasteiger partial charge in [-0.2, -0.15) is 12.7 Å². The van der Waals surface area contributed by atoms with Gasteiger partial charge in [0.25, 0.3) is 0 Å². The van der Waals surface area contributed by atoms with Gasteiger partial charge < -0.3 is 0 Å². The van der Waals surface area contributed by atoms with Gasteiger partial charge in [-0.3, -0.25) is 4.72 Å². The number of nitrogens with zero attached hydrogens (tertiary/aromatic N) is 2. The predicted octanol–water partition coefficient (Wildman–Crippen LogP) is 2.58. The van der Waals surface area contributed by atoms with Gasteiger partial charge in [0.15, 0.2) is 5.15 Å². The normalized spacial score (nSPS) is 18.0. The van der Waals surface area contributed by atoms with Crippen molar-refractivity contribution in [3.05, 3.63) is 23.0 Å². The van der Waals surface area contributed by atoms with Crippen molar-refractivity contribution < 1.29 is 8.42 Å². The molecule has 0 radical (unpaired) electrons. The topological polar surface area (TPSA) is 62.3 Å². The van der Waals surface area contributed by atoms with Crippen LogP contribution in [0, 0.1) is 6.92 Å². The number of halogens is 1. The number of aromatic nitrogens is 1. The van der Waals surface area contributed by atoms with E-state index in [1.165, 1.54) is 4.31 Å². The summed E-state index contributed by atoms with van der Waals surface area (Å²) in [5, 5.41) is 0.179. The van der Waals surface area contributed by atoms with E-state index < -0.39 is 10.2 Å². The lowest BCUT2D eigenvalue weighted by molar-refractivity contribution is 0.427. The van der Waals surface area contributed by atoms with E-state index in [1.54, 1.807) is 19.2 Å². The molecule has 0 saturated carbocycles. The highest BCUT2D eigenvalue weighted by Gasteiger charge is 2.24. The molecule has 1 saturated heterocycles. The summed E-state index contributed by atoms with van der Waals surface area (Å²) in [6.45, 7) is 2.92. The average Bonchev–Trinajstić information content (AvgIpc) is 2.63. The quantitative estimate of drug-likeness (QED) is 0.873. The van der Waals surface area contributed by atoms with E-state index >= 15 is 0 Å². The molecule has 1 fully saturated rings. The summed E-state index contributed by atoms with van der Waals surface area (Å²) < 4.78 is 28.7. The van der Waals surface area contributed by atoms with Crippen LogP contribution in [-0.2, 0) is 10.2 Å². The second kappa shape index (κ2) is 6.07. The van der Waals surface area contributed by atoms with Gasteiger partial charge in [0, 0.05) is 19.3 Å². The van der Waals surface area contributed by atoms with Crippen molar-refractivity contribution in [1.82, 2.24) is 9.29 Å². The Kier molecular flexibility index (Phi) is 4.65. The molecule has 19 heavy (non-hydrogen) atoms. The zero-order chi connectivity index (χ0) is 13.9. The number of nitrogens with one attached hydrogen (secondary N) is 1. The lowest BCUT2D eigenvalue weighted by Gasteiger charge is -2.21. The second-order valence-electron chi connectivity index (χ2n) is 4.71. The van der Waals surface area contributed by atoms with Crippen LogP contribution < -0.4 is 4.72 Å². The average molecular weight is 304 g/mol. The molecule has 1 aromatic rings. The van der Waals surface area contributed by atoms with E-state index in [1.807, 2.05) is 0 Å². The minimum absolute atomic E-state index is 0.179. The van der Waals surface area contributed by atoms with Crippen LogP contribution in [0.2, 0.25) is 5.15 Å². The third-order valence-corrected chi connectivity index (χ3v) is 5.04. The van der Waals surface area contributed by atoms with Crippen molar-refractivity contribution in [3.63, 3.8) is 0 Å². The van der Waals surface area contributed by atoms with Gasteiger partial charge in [-0.05, 0) is 31.4 Å². The summed E-state index contributed by atoms with van der Waals surface area (Å²) >= 11 is 5.95. The predicted molar refractivity (Wildman–Crippen MR) is 76.6 cm³/mol. The molecule has 0 amide bonds. The fourth-order valence-electron chi connectivity index (χ4n) is 2.12. The summed E-state index contributed by atoms with van der Waals surface area (Å²) in [5.74, 6) is 0. The van der Waals surface area contributed by atoms with E-state index in [0.29, 0.717) is 18.8 Å². The molecule has 7 heteroatoms. The van der Waals surface area contributed by atoms with E-state index in [2.05, 4.69) is 9.71 Å². The first kappa shape index (κ1) is 14.6. The molecule has 1 aliphatic heterocycles. The van der Waals surface area contributed by atoms with Crippen molar-refractivity contribution in [2.75, 3.05) is 17.8 Å². The second-order valence-corrected chi connectivity index (χ2v) is 6.74. The number of hydrogen-bond donors (Lipinski definition) is 1. The highest BCUT2D eigenvalue weighted by Crippen LogP contribution is 2.25. The van der Waals surface area contributed by atoms with Crippen LogP contribution in [0.15, 0.2) is 12.3 Å². The molecule has 0 aromatic carbocycles. The fraction of sp³-hybridized carbons (Fsp3) is 0.583. The molecule has 0 unspecified atom stereocenters. The van der Waals surface area contributed by atoms with Crippen LogP contribution >= 0.6 is 11.6 Å². The molecule has 1 aliphatic rings. The first-order valence-electron chi connectivity index (χ1n) is 6.40. The summed E-state index contributed by atoms with van der Waals surface area (Å²) in [7, 11) is -3.55. The van der Waals surface area contributed by atoms with E-state index in [4.69, 9.17) is 11.6 Å². The summed E-state index contributed by atoms with van der Waals surface area (Å²) in [6, 6.07) is 1.73. The lowest BCUT2D eigenvalue weighted by Crippen LogP contribution is -2.36. The maximum absolute atomic E-state index is 12.3. The van der Waals surface area contributed by atoms with Crippen molar-refractivity contribution >= 4 is 27.5 Å². The maximum atomic E-state index is 12.3. The molecule has 0 bridgehead atoms. The third kappa shape index (κ3) is 3.58. The molecule has 5 nitrogen and oxygen atoms in total. The summed E-state index contributed by atoms with van der Waals surface area (Å²) in [6.07, 6.45) is 5.53. The smallest absolute Gasteiger partial charge is 0.268 e. The fourth-order valence-corrected chi connectivity index (χ4v) is 3.82. The van der Waals surface area contributed by atoms with Gasteiger partial charge in [-0.1, -0.05) is 24.4 Å². The molecule has 106 valence electrons. The van der Waals surface area contributed by atoms with Gasteiger partial charge >= 0.3 is 10.2 Å². The van der Waals surface area contributed by atoms with Crippen molar-refractivity contribution in [1.29, 1.82) is 0 Å². The number of anilines is 1. The van der Waals surface area contributed by atoms with Crippen molar-refractivity contribution in [2.45, 2.75) is 32.6 Å². The van der Waals surface area contributed by atoms with Gasteiger partial charge in [-0.25, -0.2) is 4.98 Å². The minimum atomic E-state index is -3.55. The Labute approximate surface area is 119 Å². The third-order valence-electron chi connectivity index (χ3n) is 3.25. The van der Waals surface area contributed by atoms with E-state index in [9.17, 15) is 8.42 Å². The molecular weight excluding hydrogens is 286 g/mol. The van der Waals surface area contributed by atoms with Crippen LogP contribution in [0.3, 0.4) is 0 Å².